The van der Waals surface area contributed by atoms with Crippen LogP contribution in [0.25, 0.3) is 0 Å². The molecule has 21 heteroatoms. The van der Waals surface area contributed by atoms with Crippen molar-refractivity contribution >= 4 is 53.2 Å². The van der Waals surface area contributed by atoms with Crippen molar-refractivity contribution in [1.29, 1.82) is 0 Å². The van der Waals surface area contributed by atoms with Crippen molar-refractivity contribution in [3.8, 4) is 0 Å². The Morgan fingerprint density at radius 2 is 1.16 bits per heavy atom. The van der Waals surface area contributed by atoms with E-state index in [4.69, 9.17) is 32.8 Å². The van der Waals surface area contributed by atoms with E-state index in [1.165, 1.54) is 49.8 Å². The Labute approximate surface area is 442 Å². The molecule has 2 aromatic rings. The number of aliphatic carboxylic acids is 1. The summed E-state index contributed by atoms with van der Waals surface area (Å²) in [5, 5.41) is 22.1. The highest BCUT2D eigenvalue weighted by molar-refractivity contribution is 5.93. The molecule has 2 heterocycles. The number of ether oxygens (including phenoxy) is 1. The van der Waals surface area contributed by atoms with Gasteiger partial charge in [0.15, 0.2) is 0 Å². The first-order valence-electron chi connectivity index (χ1n) is 26.5. The fourth-order valence-electron chi connectivity index (χ4n) is 8.42. The number of fused-ring (bicyclic) bond motifs is 1. The zero-order valence-corrected chi connectivity index (χ0v) is 44.5. The van der Waals surface area contributed by atoms with Gasteiger partial charge in [0.05, 0.1) is 25.1 Å². The molecule has 2 saturated heterocycles. The molecule has 14 N–H and O–H groups in total. The normalized spacial score (nSPS) is 17.6. The molecule has 418 valence electrons. The van der Waals surface area contributed by atoms with Gasteiger partial charge in [-0.1, -0.05) is 145 Å². The number of hydrogen-bond donors (Lipinski definition) is 10. The Hall–Kier alpha value is -6.45. The van der Waals surface area contributed by atoms with Gasteiger partial charge in [-0.25, -0.2) is 4.79 Å². The lowest BCUT2D eigenvalue weighted by Gasteiger charge is -2.35. The van der Waals surface area contributed by atoms with Gasteiger partial charge in [-0.15, -0.1) is 0 Å². The third kappa shape index (κ3) is 25.6. The third-order valence-electron chi connectivity index (χ3n) is 13.2. The highest BCUT2D eigenvalue weighted by Gasteiger charge is 2.47. The van der Waals surface area contributed by atoms with Gasteiger partial charge in [-0.3, -0.25) is 38.4 Å². The van der Waals surface area contributed by atoms with Crippen LogP contribution in [0.15, 0.2) is 60.7 Å². The Morgan fingerprint density at radius 3 is 1.61 bits per heavy atom. The molecule has 8 atom stereocenters. The number of carbonyl (C=O) groups excluding carboxylic acids is 8. The van der Waals surface area contributed by atoms with Crippen LogP contribution in [0, 0.1) is 5.92 Å². The Bertz CT molecular complexity index is 2080. The van der Waals surface area contributed by atoms with Crippen molar-refractivity contribution in [1.82, 2.24) is 31.5 Å². The average molecular weight is 1050 g/mol. The maximum atomic E-state index is 12.8. The number of nitrogens with one attached hydrogen (secondary N) is 5. The number of carboxylic acid groups (broad SMARTS) is 1. The topological polar surface area (TPSA) is 351 Å². The molecular weight excluding hydrogens is 965 g/mol. The van der Waals surface area contributed by atoms with E-state index in [1.54, 1.807) is 44.4 Å². The van der Waals surface area contributed by atoms with Gasteiger partial charge >= 0.3 is 5.97 Å². The molecule has 0 spiro atoms. The number of hydrogen-bond acceptors (Lipinski definition) is 12. The maximum Gasteiger partial charge on any atom is 0.326 e. The summed E-state index contributed by atoms with van der Waals surface area (Å²) in [5.41, 5.74) is 23.3. The van der Waals surface area contributed by atoms with Crippen LogP contribution in [0.5, 0.6) is 0 Å². The number of unbranched alkanes of at least 4 members (excludes halogenated alkanes) is 11. The van der Waals surface area contributed by atoms with E-state index in [-0.39, 0.29) is 61.1 Å². The summed E-state index contributed by atoms with van der Waals surface area (Å²) in [6, 6.07) is 13.5. The van der Waals surface area contributed by atoms with Crippen LogP contribution in [0.1, 0.15) is 141 Å². The fraction of sp³-hybridized carbons (Fsp3) is 0.611. The second kappa shape index (κ2) is 36.5. The van der Waals surface area contributed by atoms with E-state index >= 15 is 0 Å². The van der Waals surface area contributed by atoms with Crippen LogP contribution in [-0.2, 0) is 60.7 Å². The molecule has 2 fully saturated rings. The molecule has 2 aromatic carbocycles. The van der Waals surface area contributed by atoms with E-state index in [1.807, 2.05) is 44.2 Å². The van der Waals surface area contributed by atoms with E-state index in [0.717, 1.165) is 49.7 Å². The predicted molar refractivity (Wildman–Crippen MR) is 285 cm³/mol. The summed E-state index contributed by atoms with van der Waals surface area (Å²) in [7, 11) is 3.23. The maximum absolute atomic E-state index is 12.8. The highest BCUT2D eigenvalue weighted by Crippen LogP contribution is 2.28. The van der Waals surface area contributed by atoms with Crippen molar-refractivity contribution in [2.75, 3.05) is 20.7 Å². The second-order valence-electron chi connectivity index (χ2n) is 19.2. The largest absolute Gasteiger partial charge is 0.480 e. The SMILES string of the molecule is CC[C@H](C)[C@H](N)C(=O)N[C@@H](Cc1ccccc1)C(N)=O.CNC(=O)CCCCCCCCCCCCCCC(=O)N[C@H]1CC[C@@H]2OCC(C(=O)NC)N2C1=O.NC(=O)C[C@H](N)C(=O)N[C@@H](Cc1ccccc1)C(=O)O. The Morgan fingerprint density at radius 1 is 0.680 bits per heavy atom. The van der Waals surface area contributed by atoms with Gasteiger partial charge in [-0.05, 0) is 42.7 Å². The van der Waals surface area contributed by atoms with Gasteiger partial charge in [0.1, 0.15) is 30.4 Å². The zero-order chi connectivity index (χ0) is 55.7. The minimum Gasteiger partial charge on any atom is -0.480 e. The number of primary amides is 2. The summed E-state index contributed by atoms with van der Waals surface area (Å²) >= 11 is 0. The number of carbonyl (C=O) groups is 9. The lowest BCUT2D eigenvalue weighted by Crippen LogP contribution is -2.59. The first-order chi connectivity index (χ1) is 35.8. The molecule has 0 aliphatic carbocycles. The quantitative estimate of drug-likeness (QED) is 0.0486. The molecular formula is C54H86N10O11. The van der Waals surface area contributed by atoms with Crippen molar-refractivity contribution < 1.29 is 53.0 Å². The molecule has 0 bridgehead atoms. The van der Waals surface area contributed by atoms with Crippen LogP contribution in [0.4, 0.5) is 0 Å². The van der Waals surface area contributed by atoms with Crippen molar-refractivity contribution in [2.24, 2.45) is 28.9 Å². The third-order valence-corrected chi connectivity index (χ3v) is 13.2. The van der Waals surface area contributed by atoms with Gasteiger partial charge in [0, 0.05) is 39.8 Å². The molecule has 4 rings (SSSR count). The van der Waals surface area contributed by atoms with Crippen LogP contribution >= 0.6 is 0 Å². The van der Waals surface area contributed by atoms with Crippen LogP contribution in [0.2, 0.25) is 0 Å². The van der Waals surface area contributed by atoms with Crippen molar-refractivity contribution in [2.45, 2.75) is 185 Å². The fourth-order valence-corrected chi connectivity index (χ4v) is 8.42. The number of rotatable bonds is 31. The van der Waals surface area contributed by atoms with Crippen molar-refractivity contribution in [3.63, 3.8) is 0 Å². The molecule has 1 unspecified atom stereocenters. The van der Waals surface area contributed by atoms with Gasteiger partial charge in [-0.2, -0.15) is 0 Å². The number of carboxylic acids is 1. The zero-order valence-electron chi connectivity index (χ0n) is 44.5. The average Bonchev–Trinajstić information content (AvgIpc) is 3.84. The van der Waals surface area contributed by atoms with Crippen LogP contribution < -0.4 is 49.5 Å². The Balaban J connectivity index is 0.000000412. The number of amides is 8. The smallest absolute Gasteiger partial charge is 0.326 e. The summed E-state index contributed by atoms with van der Waals surface area (Å²) in [6.07, 6.45) is 16.7. The number of piperidine rings is 1. The molecule has 0 aromatic heterocycles. The lowest BCUT2D eigenvalue weighted by atomic mass is 9.98. The molecule has 8 amide bonds. The minimum atomic E-state index is -1.17. The van der Waals surface area contributed by atoms with E-state index in [9.17, 15) is 43.2 Å². The Kier molecular flexibility index (Phi) is 31.5. The van der Waals surface area contributed by atoms with E-state index in [2.05, 4.69) is 26.6 Å². The highest BCUT2D eigenvalue weighted by atomic mass is 16.5. The predicted octanol–water partition coefficient (Wildman–Crippen LogP) is 2.35. The van der Waals surface area contributed by atoms with Gasteiger partial charge in [0.2, 0.25) is 47.3 Å². The second-order valence-corrected chi connectivity index (χ2v) is 19.2. The summed E-state index contributed by atoms with van der Waals surface area (Å²) in [5.74, 6) is -3.85. The van der Waals surface area contributed by atoms with E-state index in [0.29, 0.717) is 32.1 Å². The molecule has 2 aliphatic rings. The number of nitrogens with two attached hydrogens (primary N) is 4. The monoisotopic (exact) mass is 1050 g/mol. The first-order valence-corrected chi connectivity index (χ1v) is 26.5. The van der Waals surface area contributed by atoms with Crippen LogP contribution in [-0.4, -0.2) is 126 Å². The number of likely N-dealkylation sites (N-methyl/N-ethyl adjacent to an activating group) is 1. The summed E-state index contributed by atoms with van der Waals surface area (Å²) in [4.78, 5) is 107. The number of nitrogens with zero attached hydrogens (tertiary/aromatic N) is 1. The molecule has 21 nitrogen and oxygen atoms in total. The summed E-state index contributed by atoms with van der Waals surface area (Å²) < 4.78 is 5.60. The standard InChI is InChI=1S/C26H46N4O5.C15H23N3O2.C13H17N3O4/c1-27-22(31)15-13-11-9-7-5-3-4-6-8-10-12-14-16-23(32)29-20-17-18-24-30(26(20)34)21(19-35-24)25(33)28-2;1-3-10(2)13(16)15(20)18-12(14(17)19)9-11-7-5-4-6-8-11;14-9(7-11(15)17)12(18)16-10(13(19)20)6-8-4-2-1-3-5-8/h20-21,24H,3-19H2,1-2H3,(H,27,31)(H,28,33)(H,29,32);4-8,10,12-13H,3,9,16H2,1-2H3,(H2,17,19)(H,18,20);1-5,9-10H,6-7,14H2,(H2,15,17)(H,16,18)(H,19,20)/t20-,21?,24-;10-,12-,13-;9-,10-/m000/s1. The van der Waals surface area contributed by atoms with E-state index < -0.39 is 59.9 Å². The summed E-state index contributed by atoms with van der Waals surface area (Å²) in [6.45, 7) is 4.07. The minimum absolute atomic E-state index is 0.0558. The molecule has 75 heavy (non-hydrogen) atoms. The molecule has 0 saturated carbocycles. The lowest BCUT2D eigenvalue weighted by molar-refractivity contribution is -0.150. The number of benzene rings is 2. The van der Waals surface area contributed by atoms with Gasteiger partial charge < -0.3 is 64.3 Å². The van der Waals surface area contributed by atoms with Crippen molar-refractivity contribution in [3.05, 3.63) is 71.8 Å². The van der Waals surface area contributed by atoms with Crippen LogP contribution in [0.3, 0.4) is 0 Å². The first kappa shape index (κ1) is 64.7. The molecule has 2 aliphatic heterocycles. The molecule has 0 radical (unpaired) electrons. The van der Waals surface area contributed by atoms with Gasteiger partial charge in [0.25, 0.3) is 0 Å².